The number of carbonyl (C=O) groups is 1. The number of amides is 1. The molecule has 0 radical (unpaired) electrons. The number of nitrogens with one attached hydrogen (secondary N) is 2. The number of hydrogen-bond donors (Lipinski definition) is 2. The lowest BCUT2D eigenvalue weighted by molar-refractivity contribution is 0.0934. The van der Waals surface area contributed by atoms with Gasteiger partial charge < -0.3 is 15.4 Å². The van der Waals surface area contributed by atoms with Crippen molar-refractivity contribution in [1.82, 2.24) is 5.32 Å². The molecule has 2 N–H and O–H groups in total. The fourth-order valence-electron chi connectivity index (χ4n) is 4.03. The van der Waals surface area contributed by atoms with Gasteiger partial charge in [0.15, 0.2) is 0 Å². The van der Waals surface area contributed by atoms with Crippen LogP contribution in [0.3, 0.4) is 0 Å². The highest BCUT2D eigenvalue weighted by atomic mass is 32.1. The van der Waals surface area contributed by atoms with Crippen LogP contribution < -0.4 is 15.4 Å². The van der Waals surface area contributed by atoms with E-state index in [9.17, 15) is 4.79 Å². The van der Waals surface area contributed by atoms with E-state index < -0.39 is 0 Å². The van der Waals surface area contributed by atoms with Crippen LogP contribution in [-0.2, 0) is 12.8 Å². The Bertz CT molecular complexity index is 850. The molecule has 2 heterocycles. The molecule has 1 aromatic heterocycles. The van der Waals surface area contributed by atoms with Crippen molar-refractivity contribution in [3.05, 3.63) is 45.8 Å². The number of methoxy groups -OCH3 is 1. The van der Waals surface area contributed by atoms with Crippen LogP contribution in [0.5, 0.6) is 5.75 Å². The van der Waals surface area contributed by atoms with Gasteiger partial charge in [0.1, 0.15) is 16.9 Å². The molecule has 0 spiro atoms. The highest BCUT2D eigenvalue weighted by Crippen LogP contribution is 2.46. The molecule has 0 bridgehead atoms. The summed E-state index contributed by atoms with van der Waals surface area (Å²) in [7, 11) is 1.66. The van der Waals surface area contributed by atoms with Crippen LogP contribution in [0.4, 0.5) is 5.00 Å². The second-order valence-corrected chi connectivity index (χ2v) is 9.45. The minimum Gasteiger partial charge on any atom is -0.497 e. The molecule has 0 saturated carbocycles. The van der Waals surface area contributed by atoms with E-state index in [2.05, 4.69) is 31.4 Å². The van der Waals surface area contributed by atoms with Gasteiger partial charge in [-0.3, -0.25) is 4.79 Å². The Balaban J connectivity index is 1.64. The quantitative estimate of drug-likeness (QED) is 0.801. The van der Waals surface area contributed by atoms with E-state index in [0.717, 1.165) is 41.1 Å². The molecule has 138 valence electrons. The average Bonchev–Trinajstić information content (AvgIpc) is 2.99. The summed E-state index contributed by atoms with van der Waals surface area (Å²) in [6, 6.07) is 7.83. The van der Waals surface area contributed by atoms with Gasteiger partial charge in [-0.2, -0.15) is 0 Å². The zero-order valence-electron chi connectivity index (χ0n) is 15.8. The monoisotopic (exact) mass is 370 g/mol. The highest BCUT2D eigenvalue weighted by molar-refractivity contribution is 7.16. The third-order valence-electron chi connectivity index (χ3n) is 5.70. The minimum atomic E-state index is -0.219. The van der Waals surface area contributed by atoms with Crippen molar-refractivity contribution in [3.63, 3.8) is 0 Å². The smallest absolute Gasteiger partial charge is 0.256 e. The predicted molar refractivity (Wildman–Crippen MR) is 106 cm³/mol. The van der Waals surface area contributed by atoms with E-state index in [1.165, 1.54) is 10.4 Å². The van der Waals surface area contributed by atoms with Crippen molar-refractivity contribution in [1.29, 1.82) is 0 Å². The second-order valence-electron chi connectivity index (χ2n) is 8.34. The molecular weight excluding hydrogens is 344 g/mol. The third-order valence-corrected chi connectivity index (χ3v) is 6.88. The zero-order chi connectivity index (χ0) is 18.5. The number of rotatable bonds is 2. The van der Waals surface area contributed by atoms with Gasteiger partial charge in [-0.1, -0.05) is 32.9 Å². The summed E-state index contributed by atoms with van der Waals surface area (Å²) >= 11 is 1.77. The fourth-order valence-corrected chi connectivity index (χ4v) is 5.38. The standard InChI is InChI=1S/C21H26N2O2S/c1-21(2,3)13-8-9-15-16(11-13)26-20-17(15)19(24)22-18(23-20)12-6-5-7-14(10-12)25-4/h5-7,10,13,18,23H,8-9,11H2,1-4H3,(H,22,24). The minimum absolute atomic E-state index is 0.0401. The first kappa shape index (κ1) is 17.4. The molecule has 2 unspecified atom stereocenters. The molecule has 1 aliphatic carbocycles. The van der Waals surface area contributed by atoms with Gasteiger partial charge in [0.25, 0.3) is 5.91 Å². The largest absolute Gasteiger partial charge is 0.497 e. The Hall–Kier alpha value is -2.01. The summed E-state index contributed by atoms with van der Waals surface area (Å²) in [6.45, 7) is 6.96. The van der Waals surface area contributed by atoms with Gasteiger partial charge in [0.2, 0.25) is 0 Å². The molecule has 4 nitrogen and oxygen atoms in total. The van der Waals surface area contributed by atoms with E-state index in [-0.39, 0.29) is 12.1 Å². The number of ether oxygens (including phenoxy) is 1. The van der Waals surface area contributed by atoms with Gasteiger partial charge in [0.05, 0.1) is 12.7 Å². The summed E-state index contributed by atoms with van der Waals surface area (Å²) in [5.41, 5.74) is 3.44. The van der Waals surface area contributed by atoms with Gasteiger partial charge in [0, 0.05) is 4.88 Å². The fraction of sp³-hybridized carbons (Fsp3) is 0.476. The molecule has 26 heavy (non-hydrogen) atoms. The van der Waals surface area contributed by atoms with Gasteiger partial charge >= 0.3 is 0 Å². The molecule has 0 fully saturated rings. The Morgan fingerprint density at radius 2 is 2.04 bits per heavy atom. The number of anilines is 1. The maximum absolute atomic E-state index is 12.9. The summed E-state index contributed by atoms with van der Waals surface area (Å²) in [6.07, 6.45) is 3.02. The van der Waals surface area contributed by atoms with Crippen molar-refractivity contribution in [3.8, 4) is 5.75 Å². The summed E-state index contributed by atoms with van der Waals surface area (Å²) in [5, 5.41) is 7.67. The molecule has 2 aromatic rings. The van der Waals surface area contributed by atoms with Crippen LogP contribution >= 0.6 is 11.3 Å². The first-order valence-corrected chi connectivity index (χ1v) is 10.0. The first-order valence-electron chi connectivity index (χ1n) is 9.22. The highest BCUT2D eigenvalue weighted by Gasteiger charge is 2.36. The van der Waals surface area contributed by atoms with Crippen LogP contribution in [0.15, 0.2) is 24.3 Å². The SMILES string of the molecule is COc1cccc(C2NC(=O)c3c(sc4c3CCC(C(C)(C)C)C4)N2)c1. The van der Waals surface area contributed by atoms with Crippen LogP contribution in [0.2, 0.25) is 0 Å². The molecule has 0 saturated heterocycles. The number of fused-ring (bicyclic) bond motifs is 3. The lowest BCUT2D eigenvalue weighted by Gasteiger charge is -2.34. The lowest BCUT2D eigenvalue weighted by Crippen LogP contribution is -2.38. The number of thiophene rings is 1. The van der Waals surface area contributed by atoms with Crippen LogP contribution in [0, 0.1) is 11.3 Å². The molecule has 1 amide bonds. The van der Waals surface area contributed by atoms with Crippen molar-refractivity contribution >= 4 is 22.2 Å². The van der Waals surface area contributed by atoms with Gasteiger partial charge in [-0.05, 0) is 53.9 Å². The number of carbonyl (C=O) groups excluding carboxylic acids is 1. The molecule has 1 aliphatic heterocycles. The normalized spacial score (nSPS) is 22.1. The number of hydrogen-bond acceptors (Lipinski definition) is 4. The van der Waals surface area contributed by atoms with Crippen LogP contribution in [-0.4, -0.2) is 13.0 Å². The van der Waals surface area contributed by atoms with Crippen molar-refractivity contribution < 1.29 is 9.53 Å². The summed E-state index contributed by atoms with van der Waals surface area (Å²) < 4.78 is 5.31. The summed E-state index contributed by atoms with van der Waals surface area (Å²) in [4.78, 5) is 14.2. The van der Waals surface area contributed by atoms with E-state index >= 15 is 0 Å². The van der Waals surface area contributed by atoms with Crippen molar-refractivity contribution in [2.75, 3.05) is 12.4 Å². The van der Waals surface area contributed by atoms with E-state index in [0.29, 0.717) is 11.3 Å². The average molecular weight is 371 g/mol. The molecule has 2 atom stereocenters. The Morgan fingerprint density at radius 3 is 2.77 bits per heavy atom. The zero-order valence-corrected chi connectivity index (χ0v) is 16.6. The first-order chi connectivity index (χ1) is 12.4. The maximum Gasteiger partial charge on any atom is 0.256 e. The molecule has 1 aromatic carbocycles. The molecule has 5 heteroatoms. The van der Waals surface area contributed by atoms with Crippen LogP contribution in [0.25, 0.3) is 0 Å². The molecular formula is C21H26N2O2S. The number of benzene rings is 1. The van der Waals surface area contributed by atoms with Crippen molar-refractivity contribution in [2.45, 2.75) is 46.2 Å². The molecule has 2 aliphatic rings. The topological polar surface area (TPSA) is 50.4 Å². The molecule has 4 rings (SSSR count). The lowest BCUT2D eigenvalue weighted by atomic mass is 9.72. The Morgan fingerprint density at radius 1 is 1.23 bits per heavy atom. The second kappa shape index (κ2) is 6.31. The van der Waals surface area contributed by atoms with E-state index in [1.54, 1.807) is 18.4 Å². The predicted octanol–water partition coefficient (Wildman–Crippen LogP) is 4.76. The Kier molecular flexibility index (Phi) is 4.22. The maximum atomic E-state index is 12.9. The van der Waals surface area contributed by atoms with E-state index in [1.807, 2.05) is 24.3 Å². The Labute approximate surface area is 159 Å². The third kappa shape index (κ3) is 2.98. The van der Waals surface area contributed by atoms with Gasteiger partial charge in [-0.15, -0.1) is 11.3 Å². The van der Waals surface area contributed by atoms with Crippen molar-refractivity contribution in [2.24, 2.45) is 11.3 Å². The van der Waals surface area contributed by atoms with Crippen LogP contribution in [0.1, 0.15) is 59.7 Å². The summed E-state index contributed by atoms with van der Waals surface area (Å²) in [5.74, 6) is 1.51. The van der Waals surface area contributed by atoms with E-state index in [4.69, 9.17) is 4.74 Å². The van der Waals surface area contributed by atoms with Gasteiger partial charge in [-0.25, -0.2) is 0 Å².